The molecule has 9 heteroatoms. The van der Waals surface area contributed by atoms with Crippen LogP contribution in [0.2, 0.25) is 0 Å². The van der Waals surface area contributed by atoms with E-state index in [2.05, 4.69) is 11.6 Å². The topological polar surface area (TPSA) is 85.8 Å². The van der Waals surface area contributed by atoms with E-state index < -0.39 is 20.3 Å². The lowest BCUT2D eigenvalue weighted by Crippen LogP contribution is -2.39. The molecule has 0 amide bonds. The number of aromatic amines is 1. The van der Waals surface area contributed by atoms with Crippen LogP contribution in [0.3, 0.4) is 0 Å². The van der Waals surface area contributed by atoms with Crippen molar-refractivity contribution in [1.29, 1.82) is 0 Å². The molecule has 0 spiro atoms. The van der Waals surface area contributed by atoms with E-state index in [0.29, 0.717) is 30.4 Å². The van der Waals surface area contributed by atoms with E-state index in [1.54, 1.807) is 23.1 Å². The van der Waals surface area contributed by atoms with Crippen LogP contribution in [0.25, 0.3) is 10.9 Å². The Balaban J connectivity index is 2.35. The number of halogens is 2. The van der Waals surface area contributed by atoms with E-state index in [1.807, 2.05) is 6.92 Å². The lowest BCUT2D eigenvalue weighted by atomic mass is 10.1. The largest absolute Gasteiger partial charge is 0.524 e. The van der Waals surface area contributed by atoms with E-state index in [-0.39, 0.29) is 5.75 Å². The number of nitrogens with one attached hydrogen (secondary N) is 1. The fourth-order valence-corrected chi connectivity index (χ4v) is 3.38. The predicted molar refractivity (Wildman–Crippen MR) is 96.6 cm³/mol. The Morgan fingerprint density at radius 2 is 2.12 bits per heavy atom. The standard InChI is InChI=1S/C17H23F2N2O4P/c1-4-9-21(12(3)17(18)19)10-8-13-11(2)20-14-6-5-7-15(16(13)14)25-26(22,23)24/h4-7,12,17,20H,1,8-10H2,2-3H3,(H2,22,23,24). The van der Waals surface area contributed by atoms with Gasteiger partial charge in [0.15, 0.2) is 0 Å². The smallest absolute Gasteiger partial charge is 0.404 e. The van der Waals surface area contributed by atoms with Crippen LogP contribution in [-0.4, -0.2) is 45.2 Å². The molecule has 3 N–H and O–H groups in total. The first kappa shape index (κ1) is 20.6. The van der Waals surface area contributed by atoms with E-state index in [9.17, 15) is 13.3 Å². The van der Waals surface area contributed by atoms with Gasteiger partial charge in [-0.15, -0.1) is 6.58 Å². The van der Waals surface area contributed by atoms with Gasteiger partial charge in [-0.2, -0.15) is 0 Å². The first-order valence-corrected chi connectivity index (χ1v) is 9.65. The maximum absolute atomic E-state index is 13.1. The van der Waals surface area contributed by atoms with Crippen molar-refractivity contribution in [3.63, 3.8) is 0 Å². The minimum Gasteiger partial charge on any atom is -0.404 e. The molecule has 1 heterocycles. The number of hydrogen-bond donors (Lipinski definition) is 3. The van der Waals surface area contributed by atoms with Crippen LogP contribution < -0.4 is 4.52 Å². The van der Waals surface area contributed by atoms with Gasteiger partial charge in [-0.05, 0) is 38.0 Å². The van der Waals surface area contributed by atoms with Crippen LogP contribution in [0.4, 0.5) is 8.78 Å². The summed E-state index contributed by atoms with van der Waals surface area (Å²) < 4.78 is 42.2. The molecular weight excluding hydrogens is 365 g/mol. The van der Waals surface area contributed by atoms with E-state index in [0.717, 1.165) is 11.3 Å². The number of phosphoric ester groups is 1. The highest BCUT2D eigenvalue weighted by Gasteiger charge is 2.24. The Bertz CT molecular complexity index is 818. The zero-order valence-electron chi connectivity index (χ0n) is 14.7. The molecule has 0 saturated carbocycles. The molecule has 1 aromatic carbocycles. The van der Waals surface area contributed by atoms with Crippen molar-refractivity contribution in [1.82, 2.24) is 9.88 Å². The summed E-state index contributed by atoms with van der Waals surface area (Å²) in [6.07, 6.45) is -0.491. The van der Waals surface area contributed by atoms with Gasteiger partial charge in [0.25, 0.3) is 6.43 Å². The summed E-state index contributed by atoms with van der Waals surface area (Å²) >= 11 is 0. The van der Waals surface area contributed by atoms with Crippen molar-refractivity contribution in [2.75, 3.05) is 13.1 Å². The number of rotatable bonds is 9. The van der Waals surface area contributed by atoms with Crippen LogP contribution in [0.1, 0.15) is 18.2 Å². The summed E-state index contributed by atoms with van der Waals surface area (Å²) in [4.78, 5) is 23.0. The number of nitrogens with zero attached hydrogens (tertiary/aromatic N) is 1. The third kappa shape index (κ3) is 4.92. The van der Waals surface area contributed by atoms with Gasteiger partial charge in [0.05, 0.1) is 6.04 Å². The van der Waals surface area contributed by atoms with E-state index >= 15 is 0 Å². The van der Waals surface area contributed by atoms with Gasteiger partial charge in [0, 0.05) is 29.7 Å². The molecular formula is C17H23F2N2O4P. The highest BCUT2D eigenvalue weighted by Crippen LogP contribution is 2.42. The zero-order chi connectivity index (χ0) is 19.5. The first-order chi connectivity index (χ1) is 12.1. The molecule has 2 rings (SSSR count). The minimum atomic E-state index is -4.72. The summed E-state index contributed by atoms with van der Waals surface area (Å²) in [6.45, 7) is 7.55. The van der Waals surface area contributed by atoms with Crippen molar-refractivity contribution in [3.8, 4) is 5.75 Å². The van der Waals surface area contributed by atoms with E-state index in [4.69, 9.17) is 14.3 Å². The summed E-state index contributed by atoms with van der Waals surface area (Å²) in [7, 11) is -4.72. The molecule has 0 aliphatic heterocycles. The van der Waals surface area contributed by atoms with Crippen LogP contribution in [0.15, 0.2) is 30.9 Å². The van der Waals surface area contributed by atoms with Crippen LogP contribution in [0.5, 0.6) is 5.75 Å². The molecule has 0 aliphatic rings. The summed E-state index contributed by atoms with van der Waals surface area (Å²) in [6, 6.07) is 3.93. The number of alkyl halides is 2. The first-order valence-electron chi connectivity index (χ1n) is 8.12. The Labute approximate surface area is 150 Å². The summed E-state index contributed by atoms with van der Waals surface area (Å²) in [5.41, 5.74) is 2.24. The SMILES string of the molecule is C=CCN(CCc1c(C)[nH]c2cccc(OP(=O)(O)O)c12)C(C)C(F)F. The Morgan fingerprint density at radius 3 is 2.69 bits per heavy atom. The van der Waals surface area contributed by atoms with Gasteiger partial charge < -0.3 is 9.51 Å². The van der Waals surface area contributed by atoms with E-state index in [1.165, 1.54) is 13.0 Å². The van der Waals surface area contributed by atoms with Gasteiger partial charge >= 0.3 is 7.82 Å². The van der Waals surface area contributed by atoms with Gasteiger partial charge in [-0.3, -0.25) is 14.7 Å². The molecule has 1 aromatic heterocycles. The molecule has 144 valence electrons. The number of aromatic nitrogens is 1. The third-order valence-electron chi connectivity index (χ3n) is 4.27. The summed E-state index contributed by atoms with van der Waals surface area (Å²) in [5.74, 6) is 0.0624. The normalized spacial score (nSPS) is 13.5. The maximum atomic E-state index is 13.1. The molecule has 26 heavy (non-hydrogen) atoms. The fraction of sp³-hybridized carbons (Fsp3) is 0.412. The molecule has 0 bridgehead atoms. The van der Waals surface area contributed by atoms with Gasteiger partial charge in [-0.25, -0.2) is 13.3 Å². The van der Waals surface area contributed by atoms with Crippen LogP contribution in [-0.2, 0) is 11.0 Å². The molecule has 2 aromatic rings. The van der Waals surface area contributed by atoms with Crippen molar-refractivity contribution in [2.24, 2.45) is 0 Å². The Hall–Kier alpha value is -1.73. The number of hydrogen-bond acceptors (Lipinski definition) is 3. The Kier molecular flexibility index (Phi) is 6.58. The van der Waals surface area contributed by atoms with Crippen molar-refractivity contribution in [2.45, 2.75) is 32.7 Å². The minimum absolute atomic E-state index is 0.0624. The lowest BCUT2D eigenvalue weighted by molar-refractivity contribution is 0.0408. The molecule has 1 unspecified atom stereocenters. The second-order valence-electron chi connectivity index (χ2n) is 6.10. The molecule has 0 radical (unpaired) electrons. The second-order valence-corrected chi connectivity index (χ2v) is 7.26. The molecule has 0 aliphatic carbocycles. The maximum Gasteiger partial charge on any atom is 0.524 e. The van der Waals surface area contributed by atoms with Crippen LogP contribution in [0, 0.1) is 6.92 Å². The molecule has 0 fully saturated rings. The molecule has 1 atom stereocenters. The van der Waals surface area contributed by atoms with Gasteiger partial charge in [-0.1, -0.05) is 12.1 Å². The summed E-state index contributed by atoms with van der Waals surface area (Å²) in [5, 5.41) is 0.552. The second kappa shape index (κ2) is 8.31. The van der Waals surface area contributed by atoms with Crippen molar-refractivity contribution in [3.05, 3.63) is 42.1 Å². The zero-order valence-corrected chi connectivity index (χ0v) is 15.5. The van der Waals surface area contributed by atoms with Gasteiger partial charge in [0.2, 0.25) is 0 Å². The quantitative estimate of drug-likeness (QED) is 0.451. The van der Waals surface area contributed by atoms with Gasteiger partial charge in [0.1, 0.15) is 5.75 Å². The molecule has 0 saturated heterocycles. The lowest BCUT2D eigenvalue weighted by Gasteiger charge is -2.27. The predicted octanol–water partition coefficient (Wildman–Crippen LogP) is 3.63. The third-order valence-corrected chi connectivity index (χ3v) is 4.71. The molecule has 6 nitrogen and oxygen atoms in total. The average Bonchev–Trinajstić information content (AvgIpc) is 2.85. The number of aryl methyl sites for hydroxylation is 1. The van der Waals surface area contributed by atoms with Crippen molar-refractivity contribution >= 4 is 18.7 Å². The number of phosphoric acid groups is 1. The average molecular weight is 388 g/mol. The number of H-pyrrole nitrogens is 1. The highest BCUT2D eigenvalue weighted by molar-refractivity contribution is 7.46. The fourth-order valence-electron chi connectivity index (χ4n) is 2.97. The van der Waals surface area contributed by atoms with Crippen LogP contribution >= 0.6 is 7.82 Å². The van der Waals surface area contributed by atoms with Crippen molar-refractivity contribution < 1.29 is 27.7 Å². The highest BCUT2D eigenvalue weighted by atomic mass is 31.2. The number of fused-ring (bicyclic) bond motifs is 1. The Morgan fingerprint density at radius 1 is 1.42 bits per heavy atom. The monoisotopic (exact) mass is 388 g/mol. The number of benzene rings is 1.